The monoisotopic (exact) mass is 196 g/mol. The van der Waals surface area contributed by atoms with Crippen LogP contribution in [0.4, 0.5) is 0 Å². The maximum absolute atomic E-state index is 6.29. The smallest absolute Gasteiger partial charge is 0.0207 e. The van der Waals surface area contributed by atoms with Crippen molar-refractivity contribution in [3.05, 3.63) is 0 Å². The average molecular weight is 196 g/mol. The summed E-state index contributed by atoms with van der Waals surface area (Å²) in [6.45, 7) is 8.57. The predicted molar refractivity (Wildman–Crippen MR) is 60.2 cm³/mol. The molecule has 2 N–H and O–H groups in total. The van der Waals surface area contributed by atoms with E-state index in [2.05, 4.69) is 18.7 Å². The molecule has 0 atom stereocenters. The number of rotatable bonds is 4. The van der Waals surface area contributed by atoms with E-state index in [1.165, 1.54) is 51.7 Å². The van der Waals surface area contributed by atoms with Gasteiger partial charge in [-0.3, -0.25) is 0 Å². The highest BCUT2D eigenvalue weighted by Gasteiger charge is 2.50. The number of hydrogen-bond acceptors (Lipinski definition) is 2. The van der Waals surface area contributed by atoms with Crippen LogP contribution in [0.3, 0.4) is 0 Å². The van der Waals surface area contributed by atoms with Gasteiger partial charge in [0.25, 0.3) is 0 Å². The molecule has 0 aromatic rings. The largest absolute Gasteiger partial charge is 0.325 e. The highest BCUT2D eigenvalue weighted by molar-refractivity contribution is 5.08. The van der Waals surface area contributed by atoms with Gasteiger partial charge in [0.15, 0.2) is 0 Å². The van der Waals surface area contributed by atoms with Crippen LogP contribution in [-0.2, 0) is 0 Å². The minimum absolute atomic E-state index is 0.173. The number of hydrogen-bond donors (Lipinski definition) is 1. The first-order valence-electron chi connectivity index (χ1n) is 6.05. The van der Waals surface area contributed by atoms with Gasteiger partial charge >= 0.3 is 0 Å². The van der Waals surface area contributed by atoms with E-state index < -0.39 is 0 Å². The third kappa shape index (κ3) is 1.96. The van der Waals surface area contributed by atoms with E-state index in [1.807, 2.05) is 0 Å². The van der Waals surface area contributed by atoms with Gasteiger partial charge in [-0.25, -0.2) is 0 Å². The molecule has 2 heteroatoms. The van der Waals surface area contributed by atoms with E-state index in [0.29, 0.717) is 5.41 Å². The van der Waals surface area contributed by atoms with Gasteiger partial charge in [0.05, 0.1) is 0 Å². The molecule has 1 heterocycles. The third-order valence-corrected chi connectivity index (χ3v) is 4.39. The van der Waals surface area contributed by atoms with Gasteiger partial charge in [0.2, 0.25) is 0 Å². The number of likely N-dealkylation sites (tertiary alicyclic amines) is 1. The van der Waals surface area contributed by atoms with E-state index in [-0.39, 0.29) is 5.54 Å². The van der Waals surface area contributed by atoms with Gasteiger partial charge in [0.1, 0.15) is 0 Å². The van der Waals surface area contributed by atoms with Gasteiger partial charge in [-0.15, -0.1) is 0 Å². The quantitative estimate of drug-likeness (QED) is 0.745. The Morgan fingerprint density at radius 1 is 1.21 bits per heavy atom. The molecule has 0 aromatic heterocycles. The molecule has 2 nitrogen and oxygen atoms in total. The van der Waals surface area contributed by atoms with E-state index >= 15 is 0 Å². The Labute approximate surface area is 87.8 Å². The fourth-order valence-corrected chi connectivity index (χ4v) is 2.50. The van der Waals surface area contributed by atoms with Crippen LogP contribution in [0, 0.1) is 5.41 Å². The maximum Gasteiger partial charge on any atom is 0.0207 e. The van der Waals surface area contributed by atoms with Crippen LogP contribution in [-0.4, -0.2) is 30.1 Å². The van der Waals surface area contributed by atoms with Crippen molar-refractivity contribution < 1.29 is 0 Å². The zero-order valence-electron chi connectivity index (χ0n) is 9.68. The zero-order chi connectivity index (χ0) is 10.2. The van der Waals surface area contributed by atoms with Crippen LogP contribution in [0.15, 0.2) is 0 Å². The molecule has 2 rings (SSSR count). The molecule has 0 aromatic carbocycles. The molecular formula is C12H24N2. The fourth-order valence-electron chi connectivity index (χ4n) is 2.50. The van der Waals surface area contributed by atoms with Crippen LogP contribution in [0.1, 0.15) is 46.0 Å². The third-order valence-electron chi connectivity index (χ3n) is 4.39. The van der Waals surface area contributed by atoms with Crippen LogP contribution in [0.2, 0.25) is 0 Å². The summed E-state index contributed by atoms with van der Waals surface area (Å²) < 4.78 is 0. The Kier molecular flexibility index (Phi) is 2.61. The molecule has 1 saturated heterocycles. The summed E-state index contributed by atoms with van der Waals surface area (Å²) in [6, 6.07) is 0. The summed E-state index contributed by atoms with van der Waals surface area (Å²) in [4.78, 5) is 2.59. The minimum Gasteiger partial charge on any atom is -0.325 e. The summed E-state index contributed by atoms with van der Waals surface area (Å²) in [6.07, 6.45) is 6.53. The van der Waals surface area contributed by atoms with Crippen molar-refractivity contribution in [1.29, 1.82) is 0 Å². The molecule has 2 fully saturated rings. The van der Waals surface area contributed by atoms with Crippen LogP contribution in [0.5, 0.6) is 0 Å². The van der Waals surface area contributed by atoms with Crippen LogP contribution >= 0.6 is 0 Å². The second-order valence-electron chi connectivity index (χ2n) is 5.84. The molecule has 1 saturated carbocycles. The molecule has 1 aliphatic heterocycles. The van der Waals surface area contributed by atoms with Crippen LogP contribution in [0.25, 0.3) is 0 Å². The van der Waals surface area contributed by atoms with Crippen molar-refractivity contribution in [3.63, 3.8) is 0 Å². The molecule has 2 aliphatic rings. The minimum atomic E-state index is 0.173. The average Bonchev–Trinajstić information content (AvgIpc) is 2.69. The predicted octanol–water partition coefficient (Wildman–Crippen LogP) is 1.99. The summed E-state index contributed by atoms with van der Waals surface area (Å²) in [5.74, 6) is 0. The Morgan fingerprint density at radius 3 is 2.29 bits per heavy atom. The van der Waals surface area contributed by atoms with Crippen molar-refractivity contribution in [2.45, 2.75) is 51.5 Å². The Balaban J connectivity index is 1.78. The summed E-state index contributed by atoms with van der Waals surface area (Å²) in [5.41, 5.74) is 6.81. The Morgan fingerprint density at radius 2 is 1.79 bits per heavy atom. The molecule has 14 heavy (non-hydrogen) atoms. The lowest BCUT2D eigenvalue weighted by atomic mass is 9.79. The van der Waals surface area contributed by atoms with E-state index in [0.717, 1.165) is 0 Å². The Hall–Kier alpha value is -0.0800. The summed E-state index contributed by atoms with van der Waals surface area (Å²) >= 11 is 0. The molecule has 0 spiro atoms. The Bertz CT molecular complexity index is 200. The second-order valence-corrected chi connectivity index (χ2v) is 5.84. The SMILES string of the molecule is CC(C)(CCN1CCCC1)C1(N)CC1. The highest BCUT2D eigenvalue weighted by atomic mass is 15.1. The highest BCUT2D eigenvalue weighted by Crippen LogP contribution is 2.49. The maximum atomic E-state index is 6.29. The molecule has 0 radical (unpaired) electrons. The molecule has 0 unspecified atom stereocenters. The fraction of sp³-hybridized carbons (Fsp3) is 1.00. The first-order valence-corrected chi connectivity index (χ1v) is 6.05. The molecule has 0 bridgehead atoms. The molecule has 82 valence electrons. The zero-order valence-corrected chi connectivity index (χ0v) is 9.68. The second kappa shape index (κ2) is 3.49. The number of nitrogens with two attached hydrogens (primary N) is 1. The van der Waals surface area contributed by atoms with Gasteiger partial charge in [0, 0.05) is 5.54 Å². The first-order chi connectivity index (χ1) is 6.54. The standard InChI is InChI=1S/C12H24N2/c1-11(2,12(13)5-6-12)7-10-14-8-3-4-9-14/h3-10,13H2,1-2H3. The van der Waals surface area contributed by atoms with Crippen LogP contribution < -0.4 is 5.73 Å². The number of nitrogens with zero attached hydrogens (tertiary/aromatic N) is 1. The lowest BCUT2D eigenvalue weighted by molar-refractivity contribution is 0.200. The van der Waals surface area contributed by atoms with Crippen molar-refractivity contribution in [3.8, 4) is 0 Å². The van der Waals surface area contributed by atoms with Gasteiger partial charge in [-0.1, -0.05) is 13.8 Å². The van der Waals surface area contributed by atoms with Gasteiger partial charge in [-0.05, 0) is 57.2 Å². The van der Waals surface area contributed by atoms with Gasteiger partial charge in [-0.2, -0.15) is 0 Å². The van der Waals surface area contributed by atoms with Crippen molar-refractivity contribution in [2.24, 2.45) is 11.1 Å². The topological polar surface area (TPSA) is 29.3 Å². The first kappa shape index (κ1) is 10.4. The van der Waals surface area contributed by atoms with Crippen molar-refractivity contribution in [2.75, 3.05) is 19.6 Å². The molecule has 0 amide bonds. The summed E-state index contributed by atoms with van der Waals surface area (Å²) in [7, 11) is 0. The normalized spacial score (nSPS) is 26.8. The van der Waals surface area contributed by atoms with Crippen molar-refractivity contribution >= 4 is 0 Å². The van der Waals surface area contributed by atoms with Crippen molar-refractivity contribution in [1.82, 2.24) is 4.90 Å². The van der Waals surface area contributed by atoms with E-state index in [1.54, 1.807) is 0 Å². The summed E-state index contributed by atoms with van der Waals surface area (Å²) in [5, 5.41) is 0. The molecule has 1 aliphatic carbocycles. The van der Waals surface area contributed by atoms with E-state index in [4.69, 9.17) is 5.73 Å². The van der Waals surface area contributed by atoms with Gasteiger partial charge < -0.3 is 10.6 Å². The molecular weight excluding hydrogens is 172 g/mol. The lowest BCUT2D eigenvalue weighted by Crippen LogP contribution is -2.41. The lowest BCUT2D eigenvalue weighted by Gasteiger charge is -2.33. The van der Waals surface area contributed by atoms with E-state index in [9.17, 15) is 0 Å².